The molecule has 2 aliphatic heterocycles. The average Bonchev–Trinajstić information content (AvgIpc) is 3.27. The highest BCUT2D eigenvalue weighted by atomic mass is 32.2. The third kappa shape index (κ3) is 10.9. The number of aromatic nitrogens is 6. The largest absolute Gasteiger partial charge is 0.378 e. The summed E-state index contributed by atoms with van der Waals surface area (Å²) in [5.74, 6) is 0.924. The summed E-state index contributed by atoms with van der Waals surface area (Å²) in [6.45, 7) is 8.08. The van der Waals surface area contributed by atoms with Crippen LogP contribution in [-0.2, 0) is 29.7 Å². The molecule has 0 spiro atoms. The monoisotopic (exact) mass is 908 g/mol. The van der Waals surface area contributed by atoms with Gasteiger partial charge in [-0.3, -0.25) is 29.0 Å². The lowest BCUT2D eigenvalue weighted by molar-refractivity contribution is 0.122. The molecule has 0 atom stereocenters. The molecular weight excluding hydrogens is 865 g/mol. The minimum Gasteiger partial charge on any atom is -0.378 e. The number of H-pyrrole nitrogens is 4. The summed E-state index contributed by atoms with van der Waals surface area (Å²) in [5.41, 5.74) is 4.37. The number of hydrogen-bond donors (Lipinski definition) is 6. The first kappa shape index (κ1) is 43.8. The van der Waals surface area contributed by atoms with Crippen molar-refractivity contribution in [3.63, 3.8) is 0 Å². The highest BCUT2D eigenvalue weighted by Crippen LogP contribution is 2.28. The number of nitrogens with zero attached hydrogens (tertiary/aromatic N) is 8. The Morgan fingerprint density at radius 1 is 0.562 bits per heavy atom. The molecule has 20 nitrogen and oxygen atoms in total. The molecule has 0 bridgehead atoms. The molecule has 6 aromatic rings. The molecule has 2 aliphatic rings. The quantitative estimate of drug-likeness (QED) is 0.0849. The number of aromatic amines is 4. The van der Waals surface area contributed by atoms with Gasteiger partial charge in [-0.25, -0.2) is 20.0 Å². The molecule has 332 valence electrons. The number of ether oxygens (including phenoxy) is 2. The van der Waals surface area contributed by atoms with Crippen LogP contribution in [0.15, 0.2) is 115 Å². The van der Waals surface area contributed by atoms with E-state index in [2.05, 4.69) is 39.9 Å². The lowest BCUT2D eigenvalue weighted by atomic mass is 10.1. The van der Waals surface area contributed by atoms with Crippen molar-refractivity contribution in [1.29, 1.82) is 0 Å². The number of rotatable bonds is 10. The normalized spacial score (nSPS) is 16.3. The van der Waals surface area contributed by atoms with Gasteiger partial charge in [-0.05, 0) is 72.5 Å². The minimum atomic E-state index is -4.85. The van der Waals surface area contributed by atoms with Crippen molar-refractivity contribution in [2.24, 2.45) is 20.0 Å². The number of nitrogens with one attached hydrogen (secondary N) is 4. The van der Waals surface area contributed by atoms with Gasteiger partial charge in [0.1, 0.15) is 9.79 Å². The maximum absolute atomic E-state index is 12.8. The molecule has 0 amide bonds. The fourth-order valence-electron chi connectivity index (χ4n) is 6.82. The molecule has 2 saturated heterocycles. The molecule has 0 radical (unpaired) electrons. The van der Waals surface area contributed by atoms with E-state index in [9.17, 15) is 25.9 Å². The molecule has 64 heavy (non-hydrogen) atoms. The van der Waals surface area contributed by atoms with Crippen LogP contribution in [0, 0.1) is 13.8 Å². The topological polar surface area (TPSA) is 272 Å². The maximum Gasteiger partial charge on any atom is 0.295 e. The number of hydrogen-bond acceptors (Lipinski definition) is 14. The molecule has 4 aromatic carbocycles. The van der Waals surface area contributed by atoms with Gasteiger partial charge in [0.15, 0.2) is 0 Å². The Bertz CT molecular complexity index is 3040. The molecular formula is C42H44N12O8S2. The smallest absolute Gasteiger partial charge is 0.295 e. The summed E-state index contributed by atoms with van der Waals surface area (Å²) in [5, 5.41) is 0. The lowest BCUT2D eigenvalue weighted by Gasteiger charge is -2.26. The fourth-order valence-corrected chi connectivity index (χ4v) is 8.22. The molecule has 8 rings (SSSR count). The highest BCUT2D eigenvalue weighted by Gasteiger charge is 2.19. The molecule has 2 aromatic heterocycles. The maximum atomic E-state index is 12.8. The molecule has 22 heteroatoms. The van der Waals surface area contributed by atoms with Crippen molar-refractivity contribution in [3.8, 4) is 0 Å². The van der Waals surface area contributed by atoms with Crippen LogP contribution in [0.3, 0.4) is 0 Å². The van der Waals surface area contributed by atoms with Crippen LogP contribution in [0.1, 0.15) is 22.3 Å². The molecule has 2 fully saturated rings. The van der Waals surface area contributed by atoms with Crippen LogP contribution in [0.4, 0.5) is 34.6 Å². The minimum absolute atomic E-state index is 0.000932. The zero-order chi connectivity index (χ0) is 44.8. The van der Waals surface area contributed by atoms with E-state index in [0.29, 0.717) is 87.1 Å². The summed E-state index contributed by atoms with van der Waals surface area (Å²) >= 11 is 0. The average molecular weight is 909 g/mol. The summed E-state index contributed by atoms with van der Waals surface area (Å²) in [6.07, 6.45) is 2.59. The van der Waals surface area contributed by atoms with Crippen molar-refractivity contribution in [1.82, 2.24) is 29.9 Å². The summed E-state index contributed by atoms with van der Waals surface area (Å²) < 4.78 is 82.8. The zero-order valence-electron chi connectivity index (χ0n) is 34.6. The highest BCUT2D eigenvalue weighted by molar-refractivity contribution is 7.86. The van der Waals surface area contributed by atoms with Crippen LogP contribution in [0.25, 0.3) is 12.2 Å². The molecule has 6 N–H and O–H groups in total. The zero-order valence-corrected chi connectivity index (χ0v) is 36.3. The summed E-state index contributed by atoms with van der Waals surface area (Å²) in [7, 11) is -9.70. The second-order valence-electron chi connectivity index (χ2n) is 14.7. The van der Waals surface area contributed by atoms with Crippen LogP contribution in [0.2, 0.25) is 0 Å². The second-order valence-corrected chi connectivity index (χ2v) is 17.4. The van der Waals surface area contributed by atoms with Gasteiger partial charge >= 0.3 is 0 Å². The first-order valence-corrected chi connectivity index (χ1v) is 22.9. The Hall–Kier alpha value is -6.82. The Morgan fingerprint density at radius 2 is 0.953 bits per heavy atom. The third-order valence-corrected chi connectivity index (χ3v) is 11.9. The van der Waals surface area contributed by atoms with E-state index in [1.54, 1.807) is 0 Å². The molecule has 0 saturated carbocycles. The van der Waals surface area contributed by atoms with E-state index in [-0.39, 0.29) is 33.7 Å². The van der Waals surface area contributed by atoms with Crippen LogP contribution in [-0.4, -0.2) is 108 Å². The van der Waals surface area contributed by atoms with Gasteiger partial charge in [-0.15, -0.1) is 0 Å². The summed E-state index contributed by atoms with van der Waals surface area (Å²) in [4.78, 5) is 43.2. The Kier molecular flexibility index (Phi) is 12.9. The molecule has 0 unspecified atom stereocenters. The summed E-state index contributed by atoms with van der Waals surface area (Å²) in [6, 6.07) is 23.2. The van der Waals surface area contributed by atoms with Crippen molar-refractivity contribution in [2.45, 2.75) is 23.6 Å². The number of aryl methyl sites for hydroxylation is 2. The van der Waals surface area contributed by atoms with E-state index in [0.717, 1.165) is 23.3 Å². The van der Waals surface area contributed by atoms with E-state index < -0.39 is 30.0 Å². The number of benzene rings is 4. The van der Waals surface area contributed by atoms with Gasteiger partial charge in [-0.1, -0.05) is 60.7 Å². The van der Waals surface area contributed by atoms with Gasteiger partial charge in [0, 0.05) is 26.2 Å². The van der Waals surface area contributed by atoms with Gasteiger partial charge in [0.2, 0.25) is 34.4 Å². The Morgan fingerprint density at radius 3 is 1.33 bits per heavy atom. The first-order valence-electron chi connectivity index (χ1n) is 20.0. The van der Waals surface area contributed by atoms with Crippen molar-refractivity contribution in [2.75, 3.05) is 62.4 Å². The SMILES string of the molecule is Cc1ccccc1N=c1[nH]c(N2CCOCC2)nc(=Nc2ccc(/C=C/c3ccc(N=c4nc(N5CCOCC5)[nH]c(=Nc5ccccc5C)[nH]4)cc3S(=O)(=O)O)c(S(=O)(=O)O)c2)[nH]1. The lowest BCUT2D eigenvalue weighted by Crippen LogP contribution is -2.40. The number of para-hydroxylation sites is 2. The second kappa shape index (κ2) is 18.9. The van der Waals surface area contributed by atoms with E-state index in [4.69, 9.17) is 19.5 Å². The van der Waals surface area contributed by atoms with E-state index in [1.807, 2.05) is 72.2 Å². The van der Waals surface area contributed by atoms with Crippen molar-refractivity contribution < 1.29 is 35.4 Å². The standard InChI is InChI=1S/C42H44N12O8S2/c1-27-7-3-5-9-33(27)45-39-47-37(49-41(51-39)53-17-21-61-22-18-53)43-31-15-13-29(35(25-31)63(55,56)57)11-12-30-14-16-32(26-36(30)64(58,59)60)44-38-48-40(46-34-10-6-4-8-28(34)2)52-42(50-38)54-19-23-62-24-20-54/h3-16,25-26H,17-24H2,1-2H3,(H,55,56,57)(H,58,59,60)(H2,43,45,47,49,51)(H2,44,46,48,50,52)/b12-11+. The predicted octanol–water partition coefficient (Wildman–Crippen LogP) is 3.67. The van der Waals surface area contributed by atoms with E-state index >= 15 is 0 Å². The Balaban J connectivity index is 1.16. The van der Waals surface area contributed by atoms with Crippen molar-refractivity contribution in [3.05, 3.63) is 130 Å². The van der Waals surface area contributed by atoms with Gasteiger partial charge in [0.05, 0.1) is 49.2 Å². The third-order valence-electron chi connectivity index (χ3n) is 10.1. The number of anilines is 2. The van der Waals surface area contributed by atoms with Gasteiger partial charge in [0.25, 0.3) is 20.2 Å². The Labute approximate surface area is 366 Å². The number of morpholine rings is 2. The van der Waals surface area contributed by atoms with E-state index in [1.165, 1.54) is 36.4 Å². The van der Waals surface area contributed by atoms with Crippen LogP contribution >= 0.6 is 0 Å². The van der Waals surface area contributed by atoms with Gasteiger partial charge < -0.3 is 19.3 Å². The van der Waals surface area contributed by atoms with Crippen LogP contribution < -0.4 is 32.3 Å². The predicted molar refractivity (Wildman–Crippen MR) is 237 cm³/mol. The van der Waals surface area contributed by atoms with Crippen molar-refractivity contribution >= 4 is 67.0 Å². The first-order chi connectivity index (χ1) is 30.7. The van der Waals surface area contributed by atoms with Crippen LogP contribution in [0.5, 0.6) is 0 Å². The molecule has 4 heterocycles. The molecule has 0 aliphatic carbocycles. The fraction of sp³-hybridized carbons (Fsp3) is 0.238. The van der Waals surface area contributed by atoms with Gasteiger partial charge in [-0.2, -0.15) is 26.8 Å².